The summed E-state index contributed by atoms with van der Waals surface area (Å²) < 4.78 is 4.45. The predicted molar refractivity (Wildman–Crippen MR) is 44.8 cm³/mol. The molecule has 0 spiro atoms. The third-order valence-corrected chi connectivity index (χ3v) is 1.45. The molecular weight excluding hydrogens is 155 g/mol. The van der Waals surface area contributed by atoms with Crippen molar-refractivity contribution in [3.8, 4) is 5.75 Å². The summed E-state index contributed by atoms with van der Waals surface area (Å²) in [5.41, 5.74) is 0.491. The Morgan fingerprint density at radius 3 is 2.75 bits per heavy atom. The van der Waals surface area contributed by atoms with E-state index in [9.17, 15) is 4.79 Å². The number of benzene rings is 1. The van der Waals surface area contributed by atoms with Crippen molar-refractivity contribution >= 4 is 19.3 Å². The Kier molecular flexibility index (Phi) is 2.38. The second-order valence-electron chi connectivity index (χ2n) is 2.27. The van der Waals surface area contributed by atoms with Gasteiger partial charge >= 0.3 is 5.97 Å². The van der Waals surface area contributed by atoms with Crippen LogP contribution >= 0.6 is 0 Å². The third-order valence-electron chi connectivity index (χ3n) is 1.45. The average molecular weight is 162 g/mol. The second kappa shape index (κ2) is 3.30. The molecule has 0 fully saturated rings. The fourth-order valence-electron chi connectivity index (χ4n) is 0.799. The van der Waals surface area contributed by atoms with Crippen LogP contribution in [0.4, 0.5) is 0 Å². The van der Waals surface area contributed by atoms with Crippen molar-refractivity contribution < 1.29 is 14.6 Å². The van der Waals surface area contributed by atoms with Gasteiger partial charge in [-0.25, -0.2) is 4.79 Å². The van der Waals surface area contributed by atoms with Gasteiger partial charge in [-0.15, -0.1) is 0 Å². The summed E-state index contributed by atoms with van der Waals surface area (Å²) in [5.74, 6) is -0.510. The van der Waals surface area contributed by atoms with Crippen LogP contribution in [0, 0.1) is 0 Å². The molecule has 1 rings (SSSR count). The molecule has 2 radical (unpaired) electrons. The van der Waals surface area contributed by atoms with Crippen molar-refractivity contribution in [3.05, 3.63) is 23.8 Å². The fourth-order valence-corrected chi connectivity index (χ4v) is 0.799. The Morgan fingerprint density at radius 2 is 2.25 bits per heavy atom. The quantitative estimate of drug-likeness (QED) is 0.465. The molecule has 1 aromatic rings. The molecule has 4 heteroatoms. The van der Waals surface area contributed by atoms with Crippen molar-refractivity contribution in [2.45, 2.75) is 0 Å². The van der Waals surface area contributed by atoms with Crippen LogP contribution in [-0.4, -0.2) is 26.0 Å². The van der Waals surface area contributed by atoms with Gasteiger partial charge in [0.15, 0.2) is 0 Å². The normalized spacial score (nSPS) is 9.42. The van der Waals surface area contributed by atoms with Gasteiger partial charge in [0.05, 0.1) is 12.7 Å². The number of phenolic OH excluding ortho intramolecular Hbond substituents is 1. The zero-order valence-electron chi connectivity index (χ0n) is 6.57. The van der Waals surface area contributed by atoms with Crippen molar-refractivity contribution in [2.75, 3.05) is 7.11 Å². The Labute approximate surface area is 71.4 Å². The average Bonchev–Trinajstić information content (AvgIpc) is 2.08. The summed E-state index contributed by atoms with van der Waals surface area (Å²) in [4.78, 5) is 10.9. The van der Waals surface area contributed by atoms with Crippen LogP contribution in [0.2, 0.25) is 0 Å². The van der Waals surface area contributed by atoms with Crippen LogP contribution in [0.25, 0.3) is 0 Å². The highest BCUT2D eigenvalue weighted by Gasteiger charge is 2.05. The van der Waals surface area contributed by atoms with E-state index >= 15 is 0 Å². The first-order valence-corrected chi connectivity index (χ1v) is 3.32. The van der Waals surface area contributed by atoms with Gasteiger partial charge in [0.2, 0.25) is 0 Å². The van der Waals surface area contributed by atoms with E-state index in [1.54, 1.807) is 0 Å². The maximum absolute atomic E-state index is 10.9. The number of esters is 1. The van der Waals surface area contributed by atoms with E-state index < -0.39 is 5.97 Å². The molecule has 3 nitrogen and oxygen atoms in total. The Bertz CT molecular complexity index is 309. The molecule has 0 amide bonds. The molecule has 1 N–H and O–H groups in total. The zero-order chi connectivity index (χ0) is 9.14. The minimum Gasteiger partial charge on any atom is -0.509 e. The Hall–Kier alpha value is -1.45. The highest BCUT2D eigenvalue weighted by molar-refractivity contribution is 6.34. The number of phenols is 1. The SMILES string of the molecule is [B]c1cc(C(=O)OC)ccc1O. The number of rotatable bonds is 1. The first-order chi connectivity index (χ1) is 5.65. The predicted octanol–water partition coefficient (Wildman–Crippen LogP) is -0.0274. The molecule has 1 aromatic carbocycles. The molecule has 0 saturated carbocycles. The highest BCUT2D eigenvalue weighted by atomic mass is 16.5. The molecule has 0 saturated heterocycles. The van der Waals surface area contributed by atoms with Crippen molar-refractivity contribution in [1.82, 2.24) is 0 Å². The summed E-state index contributed by atoms with van der Waals surface area (Å²) in [5, 5.41) is 9.02. The Balaban J connectivity index is 3.05. The standard InChI is InChI=1S/C8H7BO3/c1-12-8(11)5-2-3-7(10)6(9)4-5/h2-4,10H,1H3. The molecule has 12 heavy (non-hydrogen) atoms. The molecule has 0 atom stereocenters. The van der Waals surface area contributed by atoms with E-state index in [0.29, 0.717) is 5.56 Å². The molecule has 0 unspecified atom stereocenters. The molecule has 0 aliphatic rings. The van der Waals surface area contributed by atoms with Crippen LogP contribution < -0.4 is 5.46 Å². The molecule has 60 valence electrons. The number of hydrogen-bond acceptors (Lipinski definition) is 3. The van der Waals surface area contributed by atoms with Crippen molar-refractivity contribution in [3.63, 3.8) is 0 Å². The van der Waals surface area contributed by atoms with E-state index in [1.807, 2.05) is 0 Å². The van der Waals surface area contributed by atoms with Crippen LogP contribution in [0.5, 0.6) is 5.75 Å². The number of hydrogen-bond donors (Lipinski definition) is 1. The molecule has 0 bridgehead atoms. The van der Waals surface area contributed by atoms with Crippen LogP contribution in [-0.2, 0) is 4.74 Å². The van der Waals surface area contributed by atoms with Gasteiger partial charge < -0.3 is 9.84 Å². The fraction of sp³-hybridized carbons (Fsp3) is 0.125. The summed E-state index contributed by atoms with van der Waals surface area (Å²) in [7, 11) is 6.64. The lowest BCUT2D eigenvalue weighted by atomic mass is 9.93. The van der Waals surface area contributed by atoms with Gasteiger partial charge in [-0.1, -0.05) is 11.5 Å². The zero-order valence-corrected chi connectivity index (χ0v) is 6.57. The van der Waals surface area contributed by atoms with Crippen LogP contribution in [0.3, 0.4) is 0 Å². The minimum absolute atomic E-state index is 0.0392. The van der Waals surface area contributed by atoms with E-state index in [2.05, 4.69) is 4.74 Å². The van der Waals surface area contributed by atoms with Gasteiger partial charge in [0, 0.05) is 0 Å². The topological polar surface area (TPSA) is 46.5 Å². The van der Waals surface area contributed by atoms with Gasteiger partial charge in [-0.05, 0) is 12.1 Å². The Morgan fingerprint density at radius 1 is 1.58 bits per heavy atom. The summed E-state index contributed by atoms with van der Waals surface area (Å²) >= 11 is 0. The summed E-state index contributed by atoms with van der Waals surface area (Å²) in [6.45, 7) is 0. The first-order valence-electron chi connectivity index (χ1n) is 3.32. The minimum atomic E-state index is -0.471. The summed E-state index contributed by atoms with van der Waals surface area (Å²) in [6, 6.07) is 4.15. The van der Waals surface area contributed by atoms with Crippen molar-refractivity contribution in [1.29, 1.82) is 0 Å². The van der Waals surface area contributed by atoms with Crippen LogP contribution in [0.1, 0.15) is 10.4 Å². The smallest absolute Gasteiger partial charge is 0.337 e. The van der Waals surface area contributed by atoms with Gasteiger partial charge in [-0.3, -0.25) is 0 Å². The third kappa shape index (κ3) is 1.58. The van der Waals surface area contributed by atoms with Gasteiger partial charge in [0.25, 0.3) is 0 Å². The van der Waals surface area contributed by atoms with E-state index in [4.69, 9.17) is 13.0 Å². The molecular formula is C8H7BO3. The molecule has 0 aliphatic heterocycles. The van der Waals surface area contributed by atoms with Gasteiger partial charge in [-0.2, -0.15) is 0 Å². The highest BCUT2D eigenvalue weighted by Crippen LogP contribution is 2.06. The molecule has 0 aliphatic carbocycles. The summed E-state index contributed by atoms with van der Waals surface area (Å²) in [6.07, 6.45) is 0. The molecule has 0 aromatic heterocycles. The van der Waals surface area contributed by atoms with Gasteiger partial charge in [0.1, 0.15) is 13.6 Å². The molecule has 0 heterocycles. The lowest BCUT2D eigenvalue weighted by Crippen LogP contribution is -2.08. The van der Waals surface area contributed by atoms with E-state index in [1.165, 1.54) is 25.3 Å². The van der Waals surface area contributed by atoms with Crippen LogP contribution in [0.15, 0.2) is 18.2 Å². The van der Waals surface area contributed by atoms with E-state index in [-0.39, 0.29) is 11.2 Å². The monoisotopic (exact) mass is 162 g/mol. The van der Waals surface area contributed by atoms with Crippen molar-refractivity contribution in [2.24, 2.45) is 0 Å². The number of aromatic hydroxyl groups is 1. The second-order valence-corrected chi connectivity index (χ2v) is 2.27. The maximum Gasteiger partial charge on any atom is 0.337 e. The first kappa shape index (κ1) is 8.65. The lowest BCUT2D eigenvalue weighted by Gasteiger charge is -2.01. The number of ether oxygens (including phenoxy) is 1. The number of methoxy groups -OCH3 is 1. The maximum atomic E-state index is 10.9. The van der Waals surface area contributed by atoms with E-state index in [0.717, 1.165) is 0 Å². The number of carbonyl (C=O) groups is 1. The largest absolute Gasteiger partial charge is 0.509 e. The number of carbonyl (C=O) groups excluding carboxylic acids is 1. The lowest BCUT2D eigenvalue weighted by molar-refractivity contribution is 0.0601.